The number of benzene rings is 2. The quantitative estimate of drug-likeness (QED) is 0.514. The number of esters is 1. The Balaban J connectivity index is 1.39. The number of amides is 1. The minimum absolute atomic E-state index is 0.0130. The fourth-order valence-electron chi connectivity index (χ4n) is 4.77. The number of fused-ring (bicyclic) bond motifs is 2. The first-order valence-corrected chi connectivity index (χ1v) is 10.6. The maximum absolute atomic E-state index is 13.1. The van der Waals surface area contributed by atoms with E-state index in [1.165, 1.54) is 0 Å². The van der Waals surface area contributed by atoms with Crippen molar-refractivity contribution in [1.82, 2.24) is 0 Å². The number of halogens is 1. The van der Waals surface area contributed by atoms with Gasteiger partial charge in [-0.1, -0.05) is 46.3 Å². The molecule has 5 nitrogen and oxygen atoms in total. The van der Waals surface area contributed by atoms with Crippen LogP contribution in [-0.2, 0) is 14.3 Å². The van der Waals surface area contributed by atoms with E-state index in [-0.39, 0.29) is 30.1 Å². The normalized spacial score (nSPS) is 24.9. The Morgan fingerprint density at radius 2 is 1.59 bits per heavy atom. The summed E-state index contributed by atoms with van der Waals surface area (Å²) in [6.07, 6.45) is 2.80. The lowest BCUT2D eigenvalue weighted by Gasteiger charge is -2.28. The molecule has 1 N–H and O–H groups in total. The molecule has 2 bridgehead atoms. The largest absolute Gasteiger partial charge is 0.455 e. The van der Waals surface area contributed by atoms with Gasteiger partial charge < -0.3 is 10.1 Å². The summed E-state index contributed by atoms with van der Waals surface area (Å²) < 4.78 is 6.25. The van der Waals surface area contributed by atoms with Crippen LogP contribution in [0.3, 0.4) is 0 Å². The van der Waals surface area contributed by atoms with Crippen LogP contribution in [0, 0.1) is 23.7 Å². The first kappa shape index (κ1) is 19.8. The van der Waals surface area contributed by atoms with Crippen LogP contribution in [0.25, 0.3) is 0 Å². The van der Waals surface area contributed by atoms with Crippen LogP contribution < -0.4 is 5.32 Å². The number of nitrogens with one attached hydrogen (secondary N) is 1. The number of ketones is 1. The third kappa shape index (κ3) is 4.27. The number of carbonyl (C=O) groups is 3. The second-order valence-corrected chi connectivity index (χ2v) is 8.69. The van der Waals surface area contributed by atoms with Gasteiger partial charge in [0, 0.05) is 21.6 Å². The number of rotatable bonds is 6. The Bertz CT molecular complexity index is 912. The molecule has 29 heavy (non-hydrogen) atoms. The molecule has 2 aliphatic carbocycles. The van der Waals surface area contributed by atoms with E-state index in [4.69, 9.17) is 4.74 Å². The highest BCUT2D eigenvalue weighted by atomic mass is 79.9. The number of ether oxygens (including phenoxy) is 1. The van der Waals surface area contributed by atoms with Gasteiger partial charge >= 0.3 is 5.97 Å². The zero-order chi connectivity index (χ0) is 20.4. The monoisotopic (exact) mass is 455 g/mol. The average molecular weight is 456 g/mol. The van der Waals surface area contributed by atoms with Crippen LogP contribution in [-0.4, -0.2) is 24.3 Å². The number of carbonyl (C=O) groups excluding carboxylic acids is 3. The van der Waals surface area contributed by atoms with Crippen molar-refractivity contribution in [1.29, 1.82) is 0 Å². The predicted octanol–water partition coefficient (Wildman–Crippen LogP) is 4.48. The molecule has 4 rings (SSSR count). The molecule has 2 aromatic rings. The van der Waals surface area contributed by atoms with Crippen molar-refractivity contribution >= 4 is 39.3 Å². The zero-order valence-electron chi connectivity index (χ0n) is 15.8. The lowest BCUT2D eigenvalue weighted by molar-refractivity contribution is -0.154. The van der Waals surface area contributed by atoms with Crippen LogP contribution in [0.4, 0.5) is 5.69 Å². The van der Waals surface area contributed by atoms with Gasteiger partial charge in [0.15, 0.2) is 12.4 Å². The Kier molecular flexibility index (Phi) is 5.81. The summed E-state index contributed by atoms with van der Waals surface area (Å²) in [6.45, 7) is -0.352. The van der Waals surface area contributed by atoms with Gasteiger partial charge in [-0.2, -0.15) is 0 Å². The molecule has 2 aromatic carbocycles. The van der Waals surface area contributed by atoms with Gasteiger partial charge in [0.1, 0.15) is 0 Å². The molecule has 0 aliphatic heterocycles. The molecule has 0 unspecified atom stereocenters. The van der Waals surface area contributed by atoms with Gasteiger partial charge in [0.2, 0.25) is 0 Å². The summed E-state index contributed by atoms with van der Waals surface area (Å²) in [5.74, 6) is -1.23. The highest BCUT2D eigenvalue weighted by Crippen LogP contribution is 2.53. The van der Waals surface area contributed by atoms with Crippen LogP contribution >= 0.6 is 15.9 Å². The van der Waals surface area contributed by atoms with E-state index in [0.29, 0.717) is 11.3 Å². The molecule has 2 saturated carbocycles. The van der Waals surface area contributed by atoms with Crippen LogP contribution in [0.2, 0.25) is 0 Å². The summed E-state index contributed by atoms with van der Waals surface area (Å²) in [5.41, 5.74) is 1.27. The van der Waals surface area contributed by atoms with Crippen LogP contribution in [0.5, 0.6) is 0 Å². The molecule has 2 aliphatic rings. The van der Waals surface area contributed by atoms with Gasteiger partial charge in [-0.05, 0) is 55.4 Å². The number of hydrogen-bond acceptors (Lipinski definition) is 4. The Morgan fingerprint density at radius 1 is 0.931 bits per heavy atom. The van der Waals surface area contributed by atoms with Gasteiger partial charge in [0.05, 0.1) is 5.92 Å². The minimum Gasteiger partial charge on any atom is -0.455 e. The molecule has 2 fully saturated rings. The van der Waals surface area contributed by atoms with Gasteiger partial charge in [-0.3, -0.25) is 14.4 Å². The number of Topliss-reactive ketones (excluding diaryl/α,β-unsaturated/α-hetero) is 1. The van der Waals surface area contributed by atoms with Crippen molar-refractivity contribution < 1.29 is 19.1 Å². The van der Waals surface area contributed by atoms with Crippen molar-refractivity contribution in [2.75, 3.05) is 11.9 Å². The van der Waals surface area contributed by atoms with Crippen molar-refractivity contribution in [3.05, 3.63) is 64.6 Å². The molecule has 0 aromatic heterocycles. The summed E-state index contributed by atoms with van der Waals surface area (Å²) >= 11 is 3.34. The average Bonchev–Trinajstić information content (AvgIpc) is 3.35. The van der Waals surface area contributed by atoms with Gasteiger partial charge in [-0.25, -0.2) is 0 Å². The van der Waals surface area contributed by atoms with E-state index < -0.39 is 17.8 Å². The van der Waals surface area contributed by atoms with Crippen LogP contribution in [0.1, 0.15) is 29.6 Å². The maximum atomic E-state index is 13.1. The molecule has 0 radical (unpaired) electrons. The summed E-state index contributed by atoms with van der Waals surface area (Å²) in [4.78, 5) is 38.0. The van der Waals surface area contributed by atoms with E-state index >= 15 is 0 Å². The van der Waals surface area contributed by atoms with E-state index in [0.717, 1.165) is 23.7 Å². The first-order chi connectivity index (χ1) is 14.0. The van der Waals surface area contributed by atoms with Crippen molar-refractivity contribution in [2.45, 2.75) is 19.3 Å². The lowest BCUT2D eigenvalue weighted by Crippen LogP contribution is -2.37. The minimum atomic E-state index is -0.457. The summed E-state index contributed by atoms with van der Waals surface area (Å²) in [7, 11) is 0. The third-order valence-corrected chi connectivity index (χ3v) is 6.55. The standard InChI is InChI=1S/C23H22BrNO4/c24-17-8-10-18(11-9-17)25-19(26)13-29-23(28)21-16-7-6-15(12-16)20(21)22(27)14-4-2-1-3-5-14/h1-5,8-11,15-16,20-21H,6-7,12-13H2,(H,25,26)/t15-,16-,20-,21-/m0/s1. The molecule has 6 heteroatoms. The second-order valence-electron chi connectivity index (χ2n) is 7.78. The van der Waals surface area contributed by atoms with Gasteiger partial charge in [0.25, 0.3) is 5.91 Å². The fourth-order valence-corrected chi connectivity index (χ4v) is 5.03. The SMILES string of the molecule is O=C(COC(=O)[C@H]1[C@H]2CC[C@@H](C2)[C@@H]1C(=O)c1ccccc1)Nc1ccc(Br)cc1. The molecule has 1 amide bonds. The van der Waals surface area contributed by atoms with E-state index in [1.54, 1.807) is 24.3 Å². The molecule has 4 atom stereocenters. The molecule has 150 valence electrons. The number of anilines is 1. The van der Waals surface area contributed by atoms with Crippen LogP contribution in [0.15, 0.2) is 59.1 Å². The molecule has 0 saturated heterocycles. The highest BCUT2D eigenvalue weighted by Gasteiger charge is 2.54. The first-order valence-electron chi connectivity index (χ1n) is 9.84. The molecule has 0 spiro atoms. The smallest absolute Gasteiger partial charge is 0.310 e. The highest BCUT2D eigenvalue weighted by molar-refractivity contribution is 9.10. The van der Waals surface area contributed by atoms with E-state index in [1.807, 2.05) is 30.3 Å². The second kappa shape index (κ2) is 8.49. The Labute approximate surface area is 178 Å². The predicted molar refractivity (Wildman–Crippen MR) is 112 cm³/mol. The summed E-state index contributed by atoms with van der Waals surface area (Å²) in [5, 5.41) is 2.70. The summed E-state index contributed by atoms with van der Waals surface area (Å²) in [6, 6.07) is 16.3. The maximum Gasteiger partial charge on any atom is 0.310 e. The van der Waals surface area contributed by atoms with Gasteiger partial charge in [-0.15, -0.1) is 0 Å². The zero-order valence-corrected chi connectivity index (χ0v) is 17.4. The Hall–Kier alpha value is -2.47. The topological polar surface area (TPSA) is 72.5 Å². The third-order valence-electron chi connectivity index (χ3n) is 6.02. The van der Waals surface area contributed by atoms with Crippen molar-refractivity contribution in [3.63, 3.8) is 0 Å². The molecular weight excluding hydrogens is 434 g/mol. The van der Waals surface area contributed by atoms with Crippen molar-refractivity contribution in [2.24, 2.45) is 23.7 Å². The molecular formula is C23H22BrNO4. The number of hydrogen-bond donors (Lipinski definition) is 1. The molecule has 0 heterocycles. The van der Waals surface area contributed by atoms with E-state index in [2.05, 4.69) is 21.2 Å². The van der Waals surface area contributed by atoms with Crippen molar-refractivity contribution in [3.8, 4) is 0 Å². The fraction of sp³-hybridized carbons (Fsp3) is 0.348. The Morgan fingerprint density at radius 3 is 2.28 bits per heavy atom. The van der Waals surface area contributed by atoms with E-state index in [9.17, 15) is 14.4 Å². The lowest BCUT2D eigenvalue weighted by atomic mass is 9.75.